The second kappa shape index (κ2) is 8.34. The van der Waals surface area contributed by atoms with Gasteiger partial charge in [0.2, 0.25) is 0 Å². The van der Waals surface area contributed by atoms with Crippen LogP contribution in [-0.2, 0) is 13.0 Å². The zero-order valence-electron chi connectivity index (χ0n) is 13.2. The molecule has 1 aromatic carbocycles. The van der Waals surface area contributed by atoms with Gasteiger partial charge in [0, 0.05) is 19.1 Å². The summed E-state index contributed by atoms with van der Waals surface area (Å²) in [6.07, 6.45) is 1.11. The molecular weight excluding hydrogens is 232 g/mol. The van der Waals surface area contributed by atoms with Crippen LogP contribution in [0.15, 0.2) is 24.3 Å². The predicted molar refractivity (Wildman–Crippen MR) is 84.5 cm³/mol. The summed E-state index contributed by atoms with van der Waals surface area (Å²) in [4.78, 5) is 2.39. The molecule has 1 rings (SSSR count). The molecule has 19 heavy (non-hydrogen) atoms. The average Bonchev–Trinajstić information content (AvgIpc) is 2.29. The van der Waals surface area contributed by atoms with E-state index in [1.807, 2.05) is 0 Å². The number of rotatable bonds is 8. The maximum atomic E-state index is 3.45. The van der Waals surface area contributed by atoms with Crippen molar-refractivity contribution in [2.75, 3.05) is 20.1 Å². The van der Waals surface area contributed by atoms with Crippen molar-refractivity contribution in [2.45, 2.75) is 46.7 Å². The lowest BCUT2D eigenvalue weighted by molar-refractivity contribution is 0.288. The topological polar surface area (TPSA) is 15.3 Å². The fourth-order valence-corrected chi connectivity index (χ4v) is 2.32. The third-order valence-corrected chi connectivity index (χ3v) is 3.12. The molecule has 0 atom stereocenters. The molecule has 1 N–H and O–H groups in total. The van der Waals surface area contributed by atoms with Gasteiger partial charge in [0.1, 0.15) is 0 Å². The van der Waals surface area contributed by atoms with Crippen LogP contribution in [0, 0.1) is 5.92 Å². The number of hydrogen-bond donors (Lipinski definition) is 1. The van der Waals surface area contributed by atoms with Crippen LogP contribution in [0.25, 0.3) is 0 Å². The molecule has 1 aromatic rings. The smallest absolute Gasteiger partial charge is 0.0230 e. The van der Waals surface area contributed by atoms with Gasteiger partial charge in [-0.05, 0) is 37.1 Å². The second-order valence-electron chi connectivity index (χ2n) is 6.27. The number of nitrogens with zero attached hydrogens (tertiary/aromatic N) is 1. The lowest BCUT2D eigenvalue weighted by Gasteiger charge is -2.19. The van der Waals surface area contributed by atoms with Gasteiger partial charge in [0.05, 0.1) is 0 Å². The quantitative estimate of drug-likeness (QED) is 0.773. The number of hydrogen-bond acceptors (Lipinski definition) is 2. The molecule has 2 nitrogen and oxygen atoms in total. The first kappa shape index (κ1) is 16.2. The van der Waals surface area contributed by atoms with Crippen molar-refractivity contribution in [3.63, 3.8) is 0 Å². The van der Waals surface area contributed by atoms with Crippen LogP contribution in [0.5, 0.6) is 0 Å². The maximum absolute atomic E-state index is 3.45. The molecule has 2 heteroatoms. The third-order valence-electron chi connectivity index (χ3n) is 3.12. The Bertz CT molecular complexity index is 341. The van der Waals surface area contributed by atoms with Crippen LogP contribution < -0.4 is 5.32 Å². The van der Waals surface area contributed by atoms with Crippen LogP contribution in [0.3, 0.4) is 0 Å². The van der Waals surface area contributed by atoms with Crippen LogP contribution in [0.1, 0.15) is 38.8 Å². The third kappa shape index (κ3) is 7.34. The van der Waals surface area contributed by atoms with E-state index >= 15 is 0 Å². The van der Waals surface area contributed by atoms with E-state index in [0.717, 1.165) is 32.0 Å². The van der Waals surface area contributed by atoms with Crippen molar-refractivity contribution in [2.24, 2.45) is 5.92 Å². The molecule has 0 unspecified atom stereocenters. The van der Waals surface area contributed by atoms with E-state index < -0.39 is 0 Å². The van der Waals surface area contributed by atoms with E-state index in [9.17, 15) is 0 Å². The molecule has 0 bridgehead atoms. The molecule has 0 heterocycles. The van der Waals surface area contributed by atoms with E-state index in [2.05, 4.69) is 69.2 Å². The van der Waals surface area contributed by atoms with E-state index in [4.69, 9.17) is 0 Å². The highest BCUT2D eigenvalue weighted by atomic mass is 15.1. The Morgan fingerprint density at radius 2 is 1.58 bits per heavy atom. The number of benzene rings is 1. The summed E-state index contributed by atoms with van der Waals surface area (Å²) in [6, 6.07) is 9.63. The summed E-state index contributed by atoms with van der Waals surface area (Å²) < 4.78 is 0. The summed E-state index contributed by atoms with van der Waals surface area (Å²) in [5, 5.41) is 3.45. The predicted octanol–water partition coefficient (Wildman–Crippen LogP) is 3.31. The summed E-state index contributed by atoms with van der Waals surface area (Å²) in [7, 11) is 2.19. The highest BCUT2D eigenvalue weighted by molar-refractivity contribution is 5.22. The second-order valence-corrected chi connectivity index (χ2v) is 6.27. The Hall–Kier alpha value is -0.860. The Morgan fingerprint density at radius 3 is 2.11 bits per heavy atom. The largest absolute Gasteiger partial charge is 0.314 e. The molecule has 0 spiro atoms. The lowest BCUT2D eigenvalue weighted by Crippen LogP contribution is -2.25. The fraction of sp³-hybridized carbons (Fsp3) is 0.647. The fourth-order valence-electron chi connectivity index (χ4n) is 2.32. The van der Waals surface area contributed by atoms with Crippen molar-refractivity contribution in [3.05, 3.63) is 35.4 Å². The van der Waals surface area contributed by atoms with Gasteiger partial charge in [-0.3, -0.25) is 0 Å². The van der Waals surface area contributed by atoms with E-state index in [0.29, 0.717) is 6.04 Å². The minimum atomic E-state index is 0.573. The first-order valence-electron chi connectivity index (χ1n) is 7.47. The van der Waals surface area contributed by atoms with Crippen molar-refractivity contribution in [3.8, 4) is 0 Å². The first-order valence-corrected chi connectivity index (χ1v) is 7.47. The Balaban J connectivity index is 2.38. The van der Waals surface area contributed by atoms with Gasteiger partial charge in [0.25, 0.3) is 0 Å². The molecule has 0 saturated heterocycles. The van der Waals surface area contributed by atoms with E-state index in [1.54, 1.807) is 0 Å². The monoisotopic (exact) mass is 262 g/mol. The summed E-state index contributed by atoms with van der Waals surface area (Å²) in [5.41, 5.74) is 2.83. The molecule has 0 aromatic heterocycles. The molecule has 0 aliphatic heterocycles. The standard InChI is InChI=1S/C17H30N2/c1-14(2)12-19(5)13-17-8-6-16(7-9-17)10-11-18-15(3)4/h6-9,14-15,18H,10-13H2,1-5H3. The van der Waals surface area contributed by atoms with Crippen LogP contribution in [-0.4, -0.2) is 31.1 Å². The highest BCUT2D eigenvalue weighted by Gasteiger charge is 2.03. The van der Waals surface area contributed by atoms with Gasteiger partial charge in [0.15, 0.2) is 0 Å². The molecule has 0 aliphatic carbocycles. The van der Waals surface area contributed by atoms with Gasteiger partial charge >= 0.3 is 0 Å². The van der Waals surface area contributed by atoms with Gasteiger partial charge in [-0.2, -0.15) is 0 Å². The van der Waals surface area contributed by atoms with Crippen molar-refractivity contribution in [1.29, 1.82) is 0 Å². The van der Waals surface area contributed by atoms with Crippen LogP contribution in [0.2, 0.25) is 0 Å². The Kier molecular flexibility index (Phi) is 7.11. The molecule has 0 radical (unpaired) electrons. The molecule has 0 saturated carbocycles. The van der Waals surface area contributed by atoms with E-state index in [1.165, 1.54) is 11.1 Å². The highest BCUT2D eigenvalue weighted by Crippen LogP contribution is 2.08. The van der Waals surface area contributed by atoms with Crippen molar-refractivity contribution < 1.29 is 0 Å². The summed E-state index contributed by atoms with van der Waals surface area (Å²) in [6.45, 7) is 12.2. The molecule has 0 amide bonds. The van der Waals surface area contributed by atoms with Crippen LogP contribution in [0.4, 0.5) is 0 Å². The zero-order chi connectivity index (χ0) is 14.3. The first-order chi connectivity index (χ1) is 8.97. The minimum Gasteiger partial charge on any atom is -0.314 e. The number of nitrogens with one attached hydrogen (secondary N) is 1. The Labute approximate surface area is 119 Å². The molecule has 0 fully saturated rings. The van der Waals surface area contributed by atoms with E-state index in [-0.39, 0.29) is 0 Å². The summed E-state index contributed by atoms with van der Waals surface area (Å²) in [5.74, 6) is 0.728. The van der Waals surface area contributed by atoms with Gasteiger partial charge in [-0.25, -0.2) is 0 Å². The zero-order valence-corrected chi connectivity index (χ0v) is 13.2. The lowest BCUT2D eigenvalue weighted by atomic mass is 10.1. The SMILES string of the molecule is CC(C)CN(C)Cc1ccc(CCNC(C)C)cc1. The maximum Gasteiger partial charge on any atom is 0.0230 e. The Morgan fingerprint density at radius 1 is 1.00 bits per heavy atom. The summed E-state index contributed by atoms with van der Waals surface area (Å²) >= 11 is 0. The van der Waals surface area contributed by atoms with Gasteiger partial charge in [-0.1, -0.05) is 52.0 Å². The van der Waals surface area contributed by atoms with Gasteiger partial charge < -0.3 is 10.2 Å². The van der Waals surface area contributed by atoms with Crippen molar-refractivity contribution in [1.82, 2.24) is 10.2 Å². The van der Waals surface area contributed by atoms with Crippen LogP contribution >= 0.6 is 0 Å². The average molecular weight is 262 g/mol. The molecule has 0 aliphatic rings. The molecular formula is C17H30N2. The van der Waals surface area contributed by atoms with Gasteiger partial charge in [-0.15, -0.1) is 0 Å². The molecule has 108 valence electrons. The minimum absolute atomic E-state index is 0.573. The normalized spacial score (nSPS) is 11.8. The van der Waals surface area contributed by atoms with Crippen molar-refractivity contribution >= 4 is 0 Å².